The topological polar surface area (TPSA) is 87.1 Å². The van der Waals surface area contributed by atoms with Crippen molar-refractivity contribution in [2.24, 2.45) is 10.8 Å². The fraction of sp³-hybridized carbons (Fsp3) is 0.556. The molecule has 1 amide bonds. The van der Waals surface area contributed by atoms with Gasteiger partial charge in [-0.25, -0.2) is 4.79 Å². The SMILES string of the molecule is CC(C)(C)C1N(C(=O)OCc2ccccc2)CC(O)[C@]1(C)C(=O)O. The number of nitrogens with zero attached hydrogens (tertiary/aromatic N) is 1. The maximum absolute atomic E-state index is 12.5. The van der Waals surface area contributed by atoms with E-state index >= 15 is 0 Å². The van der Waals surface area contributed by atoms with Crippen LogP contribution in [0.2, 0.25) is 0 Å². The lowest BCUT2D eigenvalue weighted by Gasteiger charge is -2.41. The Balaban J connectivity index is 2.21. The van der Waals surface area contributed by atoms with Crippen LogP contribution in [0.5, 0.6) is 0 Å². The molecule has 1 aliphatic rings. The van der Waals surface area contributed by atoms with Gasteiger partial charge in [-0.2, -0.15) is 0 Å². The van der Waals surface area contributed by atoms with Crippen molar-refractivity contribution in [3.05, 3.63) is 35.9 Å². The zero-order valence-corrected chi connectivity index (χ0v) is 14.5. The first-order chi connectivity index (χ1) is 11.1. The van der Waals surface area contributed by atoms with Gasteiger partial charge >= 0.3 is 12.1 Å². The Morgan fingerprint density at radius 1 is 1.29 bits per heavy atom. The zero-order valence-electron chi connectivity index (χ0n) is 14.5. The predicted octanol–water partition coefficient (Wildman–Crippen LogP) is 2.51. The highest BCUT2D eigenvalue weighted by Gasteiger charge is 2.61. The van der Waals surface area contributed by atoms with Crippen LogP contribution in [0.1, 0.15) is 33.3 Å². The molecule has 1 aromatic rings. The molecule has 0 spiro atoms. The number of carboxylic acid groups (broad SMARTS) is 1. The van der Waals surface area contributed by atoms with Crippen LogP contribution >= 0.6 is 0 Å². The summed E-state index contributed by atoms with van der Waals surface area (Å²) in [5.74, 6) is -1.12. The Morgan fingerprint density at radius 2 is 1.88 bits per heavy atom. The number of aliphatic carboxylic acids is 1. The van der Waals surface area contributed by atoms with Crippen molar-refractivity contribution in [1.29, 1.82) is 0 Å². The first-order valence-corrected chi connectivity index (χ1v) is 7.97. The van der Waals surface area contributed by atoms with Crippen molar-refractivity contribution < 1.29 is 24.5 Å². The van der Waals surface area contributed by atoms with Crippen molar-refractivity contribution in [3.63, 3.8) is 0 Å². The van der Waals surface area contributed by atoms with Gasteiger partial charge in [0.15, 0.2) is 0 Å². The van der Waals surface area contributed by atoms with Gasteiger partial charge < -0.3 is 19.8 Å². The van der Waals surface area contributed by atoms with E-state index in [1.54, 1.807) is 0 Å². The van der Waals surface area contributed by atoms with E-state index in [2.05, 4.69) is 0 Å². The number of β-amino-alcohol motifs (C(OH)–C–C–N with tert-alkyl or cyclic N) is 1. The molecule has 132 valence electrons. The minimum absolute atomic E-state index is 0.0572. The minimum atomic E-state index is -1.44. The summed E-state index contributed by atoms with van der Waals surface area (Å²) >= 11 is 0. The number of likely N-dealkylation sites (tertiary alicyclic amines) is 1. The van der Waals surface area contributed by atoms with E-state index in [0.717, 1.165) is 5.56 Å². The number of rotatable bonds is 3. The van der Waals surface area contributed by atoms with Crippen LogP contribution in [0.15, 0.2) is 30.3 Å². The first-order valence-electron chi connectivity index (χ1n) is 7.97. The lowest BCUT2D eigenvalue weighted by atomic mass is 9.69. The Kier molecular flexibility index (Phi) is 4.90. The quantitative estimate of drug-likeness (QED) is 0.886. The number of carbonyl (C=O) groups is 2. The molecule has 0 aromatic heterocycles. The van der Waals surface area contributed by atoms with Gasteiger partial charge in [0.2, 0.25) is 0 Å². The minimum Gasteiger partial charge on any atom is -0.481 e. The van der Waals surface area contributed by atoms with Gasteiger partial charge in [0.1, 0.15) is 12.0 Å². The summed E-state index contributed by atoms with van der Waals surface area (Å²) in [6, 6.07) is 8.57. The number of aliphatic hydroxyl groups excluding tert-OH is 1. The number of ether oxygens (including phenoxy) is 1. The van der Waals surface area contributed by atoms with Gasteiger partial charge in [-0.1, -0.05) is 51.1 Å². The van der Waals surface area contributed by atoms with Gasteiger partial charge in [-0.3, -0.25) is 4.79 Å². The second-order valence-electron chi connectivity index (χ2n) is 7.56. The molecule has 0 bridgehead atoms. The number of benzene rings is 1. The van der Waals surface area contributed by atoms with E-state index in [1.165, 1.54) is 11.8 Å². The molecule has 24 heavy (non-hydrogen) atoms. The molecular formula is C18H25NO5. The first kappa shape index (κ1) is 18.3. The second kappa shape index (κ2) is 6.43. The summed E-state index contributed by atoms with van der Waals surface area (Å²) in [5.41, 5.74) is -1.13. The van der Waals surface area contributed by atoms with Crippen molar-refractivity contribution >= 4 is 12.1 Å². The van der Waals surface area contributed by atoms with E-state index in [1.807, 2.05) is 51.1 Å². The molecule has 2 unspecified atom stereocenters. The Bertz CT molecular complexity index is 610. The van der Waals surface area contributed by atoms with Gasteiger partial charge in [0.25, 0.3) is 0 Å². The van der Waals surface area contributed by atoms with E-state index in [-0.39, 0.29) is 13.2 Å². The van der Waals surface area contributed by atoms with Crippen molar-refractivity contribution in [3.8, 4) is 0 Å². The summed E-state index contributed by atoms with van der Waals surface area (Å²) in [6.07, 6.45) is -1.76. The van der Waals surface area contributed by atoms with Gasteiger partial charge in [0, 0.05) is 0 Å². The van der Waals surface area contributed by atoms with Gasteiger partial charge in [0.05, 0.1) is 18.7 Å². The summed E-state index contributed by atoms with van der Waals surface area (Å²) in [4.78, 5) is 25.7. The third kappa shape index (κ3) is 3.24. The van der Waals surface area contributed by atoms with Crippen LogP contribution in [0, 0.1) is 10.8 Å². The number of amides is 1. The number of hydrogen-bond donors (Lipinski definition) is 2. The summed E-state index contributed by atoms with van der Waals surface area (Å²) in [7, 11) is 0. The molecule has 3 atom stereocenters. The molecule has 0 aliphatic carbocycles. The van der Waals surface area contributed by atoms with Crippen LogP contribution in [-0.2, 0) is 16.1 Å². The zero-order chi connectivity index (χ0) is 18.1. The lowest BCUT2D eigenvalue weighted by Crippen LogP contribution is -2.54. The lowest BCUT2D eigenvalue weighted by molar-refractivity contribution is -0.156. The van der Waals surface area contributed by atoms with E-state index in [0.29, 0.717) is 0 Å². The molecule has 0 radical (unpaired) electrons. The van der Waals surface area contributed by atoms with Crippen LogP contribution in [0.3, 0.4) is 0 Å². The molecule has 1 saturated heterocycles. The van der Waals surface area contributed by atoms with E-state index < -0.39 is 35.0 Å². The fourth-order valence-electron chi connectivity index (χ4n) is 3.60. The average Bonchev–Trinajstić information content (AvgIpc) is 2.79. The standard InChI is InChI=1S/C18H25NO5/c1-17(2,3)14-18(4,15(21)22)13(20)10-19(14)16(23)24-11-12-8-6-5-7-9-12/h5-9,13-14,20H,10-11H2,1-4H3,(H,21,22)/t13?,14?,18-/m0/s1. The van der Waals surface area contributed by atoms with E-state index in [9.17, 15) is 19.8 Å². The predicted molar refractivity (Wildman–Crippen MR) is 88.3 cm³/mol. The second-order valence-corrected chi connectivity index (χ2v) is 7.56. The summed E-state index contributed by atoms with van der Waals surface area (Å²) in [6.45, 7) is 7.10. The van der Waals surface area contributed by atoms with Crippen LogP contribution in [0.4, 0.5) is 4.79 Å². The van der Waals surface area contributed by atoms with Crippen LogP contribution in [0.25, 0.3) is 0 Å². The molecular weight excluding hydrogens is 310 g/mol. The van der Waals surface area contributed by atoms with Crippen molar-refractivity contribution in [2.45, 2.75) is 46.4 Å². The number of carbonyl (C=O) groups excluding carboxylic acids is 1. The Morgan fingerprint density at radius 3 is 2.38 bits per heavy atom. The van der Waals surface area contributed by atoms with E-state index in [4.69, 9.17) is 4.74 Å². The molecule has 6 heteroatoms. The molecule has 0 saturated carbocycles. The van der Waals surface area contributed by atoms with Crippen molar-refractivity contribution in [2.75, 3.05) is 6.54 Å². The highest BCUT2D eigenvalue weighted by Crippen LogP contribution is 2.46. The number of aliphatic hydroxyl groups is 1. The summed E-state index contributed by atoms with van der Waals surface area (Å²) in [5, 5.41) is 20.0. The maximum Gasteiger partial charge on any atom is 0.410 e. The van der Waals surface area contributed by atoms with Crippen LogP contribution < -0.4 is 0 Å². The molecule has 6 nitrogen and oxygen atoms in total. The number of carboxylic acids is 1. The smallest absolute Gasteiger partial charge is 0.410 e. The monoisotopic (exact) mass is 335 g/mol. The maximum atomic E-state index is 12.5. The molecule has 1 aromatic carbocycles. The average molecular weight is 335 g/mol. The van der Waals surface area contributed by atoms with Gasteiger partial charge in [-0.05, 0) is 17.9 Å². The van der Waals surface area contributed by atoms with Gasteiger partial charge in [-0.15, -0.1) is 0 Å². The Labute approximate surface area is 142 Å². The largest absolute Gasteiger partial charge is 0.481 e. The molecule has 1 fully saturated rings. The third-order valence-corrected chi connectivity index (χ3v) is 4.66. The van der Waals surface area contributed by atoms with Crippen molar-refractivity contribution in [1.82, 2.24) is 4.90 Å². The van der Waals surface area contributed by atoms with Crippen LogP contribution in [-0.4, -0.2) is 45.9 Å². The molecule has 1 heterocycles. The molecule has 1 aliphatic heterocycles. The normalized spacial score (nSPS) is 27.1. The molecule has 2 rings (SSSR count). The highest BCUT2D eigenvalue weighted by molar-refractivity contribution is 5.79. The highest BCUT2D eigenvalue weighted by atomic mass is 16.6. The summed E-state index contributed by atoms with van der Waals surface area (Å²) < 4.78 is 5.34. The third-order valence-electron chi connectivity index (χ3n) is 4.66. The fourth-order valence-corrected chi connectivity index (χ4v) is 3.60. The number of hydrogen-bond acceptors (Lipinski definition) is 4. The Hall–Kier alpha value is -2.08. The molecule has 2 N–H and O–H groups in total.